The van der Waals surface area contributed by atoms with Crippen molar-refractivity contribution in [1.82, 2.24) is 5.32 Å². The molecule has 2 aliphatic rings. The summed E-state index contributed by atoms with van der Waals surface area (Å²) in [4.78, 5) is 0. The van der Waals surface area contributed by atoms with Gasteiger partial charge in [0.25, 0.3) is 0 Å². The van der Waals surface area contributed by atoms with Crippen molar-refractivity contribution in [2.75, 3.05) is 26.3 Å². The molecule has 4 nitrogen and oxygen atoms in total. The number of hydrogen-bond donors (Lipinski definition) is 2. The highest BCUT2D eigenvalue weighted by atomic mass is 16.5. The standard InChI is InChI=1S/C12H23NO3/c1-10-6-13-7-11(16-10)8-15-9-12(14)4-2-3-5-12/h10-11,13-14H,2-9H2,1H3. The maximum Gasteiger partial charge on any atom is 0.0936 e. The van der Waals surface area contributed by atoms with E-state index in [0.717, 1.165) is 38.8 Å². The molecule has 2 atom stereocenters. The first kappa shape index (κ1) is 12.3. The van der Waals surface area contributed by atoms with Gasteiger partial charge in [-0.15, -0.1) is 0 Å². The van der Waals surface area contributed by atoms with Crippen LogP contribution in [-0.2, 0) is 9.47 Å². The number of morpholine rings is 1. The molecular formula is C12H23NO3. The summed E-state index contributed by atoms with van der Waals surface area (Å²) < 4.78 is 11.3. The molecule has 1 saturated carbocycles. The maximum absolute atomic E-state index is 10.1. The highest BCUT2D eigenvalue weighted by Gasteiger charge is 2.31. The Bertz CT molecular complexity index is 216. The molecule has 1 aliphatic heterocycles. The van der Waals surface area contributed by atoms with Crippen molar-refractivity contribution in [1.29, 1.82) is 0 Å². The lowest BCUT2D eigenvalue weighted by Crippen LogP contribution is -2.46. The van der Waals surface area contributed by atoms with Crippen molar-refractivity contribution in [2.24, 2.45) is 0 Å². The van der Waals surface area contributed by atoms with Gasteiger partial charge in [0.2, 0.25) is 0 Å². The molecule has 0 aromatic heterocycles. The van der Waals surface area contributed by atoms with Crippen LogP contribution in [0.3, 0.4) is 0 Å². The van der Waals surface area contributed by atoms with E-state index in [-0.39, 0.29) is 12.2 Å². The second-order valence-corrected chi connectivity index (χ2v) is 5.17. The minimum absolute atomic E-state index is 0.133. The zero-order valence-electron chi connectivity index (χ0n) is 10.1. The number of aliphatic hydroxyl groups is 1. The van der Waals surface area contributed by atoms with E-state index in [1.807, 2.05) is 0 Å². The summed E-state index contributed by atoms with van der Waals surface area (Å²) in [6.45, 7) is 4.87. The molecule has 0 spiro atoms. The molecule has 2 N–H and O–H groups in total. The van der Waals surface area contributed by atoms with Crippen LogP contribution in [0.25, 0.3) is 0 Å². The normalized spacial score (nSPS) is 34.1. The van der Waals surface area contributed by atoms with Gasteiger partial charge < -0.3 is 19.9 Å². The average molecular weight is 229 g/mol. The summed E-state index contributed by atoms with van der Waals surface area (Å²) >= 11 is 0. The molecular weight excluding hydrogens is 206 g/mol. The predicted octanol–water partition coefficient (Wildman–Crippen LogP) is 0.685. The fraction of sp³-hybridized carbons (Fsp3) is 1.00. The van der Waals surface area contributed by atoms with Crippen molar-refractivity contribution < 1.29 is 14.6 Å². The third kappa shape index (κ3) is 3.42. The second-order valence-electron chi connectivity index (χ2n) is 5.17. The van der Waals surface area contributed by atoms with Crippen molar-refractivity contribution in [3.05, 3.63) is 0 Å². The van der Waals surface area contributed by atoms with E-state index in [4.69, 9.17) is 9.47 Å². The SMILES string of the molecule is CC1CNCC(COCC2(O)CCCC2)O1. The number of rotatable bonds is 4. The van der Waals surface area contributed by atoms with Crippen LogP contribution in [0, 0.1) is 0 Å². The van der Waals surface area contributed by atoms with Gasteiger partial charge in [-0.25, -0.2) is 0 Å². The molecule has 1 saturated heterocycles. The fourth-order valence-electron chi connectivity index (χ4n) is 2.53. The largest absolute Gasteiger partial charge is 0.387 e. The Labute approximate surface area is 97.3 Å². The van der Waals surface area contributed by atoms with Crippen LogP contribution >= 0.6 is 0 Å². The third-order valence-electron chi connectivity index (χ3n) is 3.44. The van der Waals surface area contributed by atoms with E-state index in [1.54, 1.807) is 0 Å². The molecule has 0 bridgehead atoms. The van der Waals surface area contributed by atoms with E-state index in [2.05, 4.69) is 12.2 Å². The smallest absolute Gasteiger partial charge is 0.0936 e. The van der Waals surface area contributed by atoms with Crippen molar-refractivity contribution >= 4 is 0 Å². The Morgan fingerprint density at radius 2 is 2.12 bits per heavy atom. The zero-order chi connectivity index (χ0) is 11.4. The molecule has 1 heterocycles. The van der Waals surface area contributed by atoms with Crippen LogP contribution in [0.5, 0.6) is 0 Å². The van der Waals surface area contributed by atoms with Crippen LogP contribution in [0.15, 0.2) is 0 Å². The van der Waals surface area contributed by atoms with E-state index < -0.39 is 5.60 Å². The molecule has 0 aromatic carbocycles. The number of nitrogens with one attached hydrogen (secondary N) is 1. The van der Waals surface area contributed by atoms with E-state index in [9.17, 15) is 5.11 Å². The van der Waals surface area contributed by atoms with Gasteiger partial charge in [-0.1, -0.05) is 12.8 Å². The Morgan fingerprint density at radius 1 is 1.38 bits per heavy atom. The lowest BCUT2D eigenvalue weighted by atomic mass is 10.0. The third-order valence-corrected chi connectivity index (χ3v) is 3.44. The molecule has 0 amide bonds. The van der Waals surface area contributed by atoms with Crippen molar-refractivity contribution in [2.45, 2.75) is 50.4 Å². The first-order chi connectivity index (χ1) is 7.68. The summed E-state index contributed by atoms with van der Waals surface area (Å²) in [6.07, 6.45) is 4.41. The molecule has 2 unspecified atom stereocenters. The van der Waals surface area contributed by atoms with E-state index in [0.29, 0.717) is 13.2 Å². The van der Waals surface area contributed by atoms with Gasteiger partial charge >= 0.3 is 0 Å². The zero-order valence-corrected chi connectivity index (χ0v) is 10.1. The van der Waals surface area contributed by atoms with Gasteiger partial charge in [-0.2, -0.15) is 0 Å². The summed E-state index contributed by atoms with van der Waals surface area (Å²) in [5.41, 5.74) is -0.562. The lowest BCUT2D eigenvalue weighted by molar-refractivity contribution is -0.0985. The topological polar surface area (TPSA) is 50.7 Å². The first-order valence-corrected chi connectivity index (χ1v) is 6.34. The van der Waals surface area contributed by atoms with Crippen molar-refractivity contribution in [3.8, 4) is 0 Å². The summed E-state index contributed by atoms with van der Waals surface area (Å²) in [5.74, 6) is 0. The molecule has 4 heteroatoms. The lowest BCUT2D eigenvalue weighted by Gasteiger charge is -2.30. The van der Waals surface area contributed by atoms with Crippen LogP contribution < -0.4 is 5.32 Å². The molecule has 0 radical (unpaired) electrons. The van der Waals surface area contributed by atoms with E-state index in [1.165, 1.54) is 0 Å². The monoisotopic (exact) mass is 229 g/mol. The maximum atomic E-state index is 10.1. The Balaban J connectivity index is 1.63. The number of ether oxygens (including phenoxy) is 2. The molecule has 0 aromatic rings. The first-order valence-electron chi connectivity index (χ1n) is 6.34. The van der Waals surface area contributed by atoms with Gasteiger partial charge in [0.05, 0.1) is 31.0 Å². The predicted molar refractivity (Wildman–Crippen MR) is 61.4 cm³/mol. The minimum atomic E-state index is -0.562. The van der Waals surface area contributed by atoms with Gasteiger partial charge in [-0.3, -0.25) is 0 Å². The summed E-state index contributed by atoms with van der Waals surface area (Å²) in [7, 11) is 0. The summed E-state index contributed by atoms with van der Waals surface area (Å²) in [6, 6.07) is 0. The Morgan fingerprint density at radius 3 is 2.81 bits per heavy atom. The van der Waals surface area contributed by atoms with Crippen LogP contribution in [0.4, 0.5) is 0 Å². The van der Waals surface area contributed by atoms with E-state index >= 15 is 0 Å². The molecule has 1 aliphatic carbocycles. The second kappa shape index (κ2) is 5.45. The van der Waals surface area contributed by atoms with Gasteiger partial charge in [0.1, 0.15) is 0 Å². The minimum Gasteiger partial charge on any atom is -0.387 e. The molecule has 16 heavy (non-hydrogen) atoms. The molecule has 2 fully saturated rings. The summed E-state index contributed by atoms with van der Waals surface area (Å²) in [5, 5.41) is 13.4. The highest BCUT2D eigenvalue weighted by molar-refractivity contribution is 4.84. The van der Waals surface area contributed by atoms with Gasteiger partial charge in [-0.05, 0) is 19.8 Å². The van der Waals surface area contributed by atoms with Gasteiger partial charge in [0.15, 0.2) is 0 Å². The van der Waals surface area contributed by atoms with Crippen LogP contribution in [0.2, 0.25) is 0 Å². The quantitative estimate of drug-likeness (QED) is 0.744. The van der Waals surface area contributed by atoms with Crippen molar-refractivity contribution in [3.63, 3.8) is 0 Å². The Hall–Kier alpha value is -0.160. The fourth-order valence-corrected chi connectivity index (χ4v) is 2.53. The van der Waals surface area contributed by atoms with Gasteiger partial charge in [0, 0.05) is 13.1 Å². The number of hydrogen-bond acceptors (Lipinski definition) is 4. The molecule has 2 rings (SSSR count). The van der Waals surface area contributed by atoms with Crippen LogP contribution in [-0.4, -0.2) is 49.2 Å². The highest BCUT2D eigenvalue weighted by Crippen LogP contribution is 2.29. The Kier molecular flexibility index (Phi) is 4.19. The average Bonchev–Trinajstić information content (AvgIpc) is 2.65. The van der Waals surface area contributed by atoms with Crippen LogP contribution in [0.1, 0.15) is 32.6 Å². The molecule has 94 valence electrons.